The predicted molar refractivity (Wildman–Crippen MR) is 63.5 cm³/mol. The van der Waals surface area contributed by atoms with E-state index in [1.165, 1.54) is 12.1 Å². The molecule has 0 aromatic heterocycles. The van der Waals surface area contributed by atoms with E-state index in [1.54, 1.807) is 6.07 Å². The van der Waals surface area contributed by atoms with Crippen molar-refractivity contribution in [3.8, 4) is 0 Å². The number of hydrogen-bond acceptors (Lipinski definition) is 4. The van der Waals surface area contributed by atoms with Crippen LogP contribution in [0.3, 0.4) is 0 Å². The lowest BCUT2D eigenvalue weighted by molar-refractivity contribution is -0.142. The van der Waals surface area contributed by atoms with Gasteiger partial charge in [-0.05, 0) is 17.7 Å². The van der Waals surface area contributed by atoms with Crippen LogP contribution in [0.4, 0.5) is 10.1 Å². The first-order valence-electron chi connectivity index (χ1n) is 5.69. The standard InChI is InChI=1S/C12H15FN2O3/c13-9-5-8(6-14)1-2-10(9)15-12(16)11-7-17-3-4-18-11/h1-2,5,11H,3-4,6-7,14H2,(H,15,16). The minimum absolute atomic E-state index is 0.117. The molecule has 1 saturated heterocycles. The summed E-state index contributed by atoms with van der Waals surface area (Å²) in [6.45, 7) is 1.29. The summed E-state index contributed by atoms with van der Waals surface area (Å²) >= 11 is 0. The quantitative estimate of drug-likeness (QED) is 0.830. The molecule has 0 aliphatic carbocycles. The van der Waals surface area contributed by atoms with Gasteiger partial charge in [0.2, 0.25) is 0 Å². The topological polar surface area (TPSA) is 73.6 Å². The van der Waals surface area contributed by atoms with Crippen molar-refractivity contribution in [3.63, 3.8) is 0 Å². The first-order chi connectivity index (χ1) is 8.70. The van der Waals surface area contributed by atoms with Crippen molar-refractivity contribution in [2.75, 3.05) is 25.1 Å². The molecule has 1 amide bonds. The molecule has 6 heteroatoms. The molecule has 1 atom stereocenters. The Bertz CT molecular complexity index is 433. The lowest BCUT2D eigenvalue weighted by Gasteiger charge is -2.22. The van der Waals surface area contributed by atoms with Crippen LogP contribution < -0.4 is 11.1 Å². The number of carbonyl (C=O) groups excluding carboxylic acids is 1. The maximum Gasteiger partial charge on any atom is 0.255 e. The SMILES string of the molecule is NCc1ccc(NC(=O)C2COCCO2)c(F)c1. The Balaban J connectivity index is 2.02. The number of ether oxygens (including phenoxy) is 2. The number of carbonyl (C=O) groups is 1. The summed E-state index contributed by atoms with van der Waals surface area (Å²) in [5.74, 6) is -0.919. The summed E-state index contributed by atoms with van der Waals surface area (Å²) in [5, 5.41) is 2.47. The van der Waals surface area contributed by atoms with Crippen LogP contribution in [-0.2, 0) is 20.8 Å². The molecule has 0 saturated carbocycles. The third-order valence-electron chi connectivity index (χ3n) is 2.64. The van der Waals surface area contributed by atoms with Crippen molar-refractivity contribution in [2.24, 2.45) is 5.73 Å². The highest BCUT2D eigenvalue weighted by atomic mass is 19.1. The van der Waals surface area contributed by atoms with Gasteiger partial charge in [-0.2, -0.15) is 0 Å². The zero-order chi connectivity index (χ0) is 13.0. The van der Waals surface area contributed by atoms with Gasteiger partial charge in [0.25, 0.3) is 5.91 Å². The van der Waals surface area contributed by atoms with Gasteiger partial charge < -0.3 is 20.5 Å². The predicted octanol–water partition coefficient (Wildman–Crippen LogP) is 0.638. The highest BCUT2D eigenvalue weighted by Gasteiger charge is 2.23. The van der Waals surface area contributed by atoms with Crippen molar-refractivity contribution in [1.29, 1.82) is 0 Å². The minimum atomic E-state index is -0.688. The molecular formula is C12H15FN2O3. The fourth-order valence-electron chi connectivity index (χ4n) is 1.64. The number of anilines is 1. The van der Waals surface area contributed by atoms with E-state index in [-0.39, 0.29) is 18.8 Å². The highest BCUT2D eigenvalue weighted by Crippen LogP contribution is 2.16. The number of amides is 1. The smallest absolute Gasteiger partial charge is 0.255 e. The molecule has 0 radical (unpaired) electrons. The molecule has 1 aromatic carbocycles. The monoisotopic (exact) mass is 254 g/mol. The summed E-state index contributed by atoms with van der Waals surface area (Å²) in [6, 6.07) is 4.45. The molecule has 98 valence electrons. The normalized spacial score (nSPS) is 19.6. The molecule has 2 rings (SSSR count). The van der Waals surface area contributed by atoms with E-state index in [4.69, 9.17) is 15.2 Å². The van der Waals surface area contributed by atoms with Gasteiger partial charge in [-0.25, -0.2) is 4.39 Å². The summed E-state index contributed by atoms with van der Waals surface area (Å²) in [7, 11) is 0. The van der Waals surface area contributed by atoms with Crippen molar-refractivity contribution < 1.29 is 18.7 Å². The molecule has 5 nitrogen and oxygen atoms in total. The zero-order valence-electron chi connectivity index (χ0n) is 9.82. The van der Waals surface area contributed by atoms with Crippen LogP contribution in [0.2, 0.25) is 0 Å². The fourth-order valence-corrected chi connectivity index (χ4v) is 1.64. The van der Waals surface area contributed by atoms with Crippen LogP contribution in [0.25, 0.3) is 0 Å². The first kappa shape index (κ1) is 12.9. The molecule has 1 aliphatic heterocycles. The number of nitrogens with one attached hydrogen (secondary N) is 1. The molecular weight excluding hydrogens is 239 g/mol. The van der Waals surface area contributed by atoms with Crippen LogP contribution in [0.1, 0.15) is 5.56 Å². The van der Waals surface area contributed by atoms with Crippen molar-refractivity contribution in [1.82, 2.24) is 0 Å². The Labute approximate surface area is 104 Å². The van der Waals surface area contributed by atoms with Gasteiger partial charge in [-0.1, -0.05) is 6.07 Å². The third-order valence-corrected chi connectivity index (χ3v) is 2.64. The second kappa shape index (κ2) is 5.90. The Morgan fingerprint density at radius 3 is 2.94 bits per heavy atom. The van der Waals surface area contributed by atoms with E-state index < -0.39 is 17.8 Å². The van der Waals surface area contributed by atoms with Gasteiger partial charge in [0.05, 0.1) is 25.5 Å². The average molecular weight is 254 g/mol. The van der Waals surface area contributed by atoms with E-state index in [2.05, 4.69) is 5.32 Å². The molecule has 0 bridgehead atoms. The van der Waals surface area contributed by atoms with Gasteiger partial charge in [-0.15, -0.1) is 0 Å². The van der Waals surface area contributed by atoms with E-state index in [9.17, 15) is 9.18 Å². The summed E-state index contributed by atoms with van der Waals surface area (Å²) in [4.78, 5) is 11.8. The summed E-state index contributed by atoms with van der Waals surface area (Å²) < 4.78 is 24.0. The number of benzene rings is 1. The highest BCUT2D eigenvalue weighted by molar-refractivity contribution is 5.94. The van der Waals surface area contributed by atoms with E-state index in [0.29, 0.717) is 18.8 Å². The van der Waals surface area contributed by atoms with Gasteiger partial charge in [-0.3, -0.25) is 4.79 Å². The number of hydrogen-bond donors (Lipinski definition) is 2. The second-order valence-corrected chi connectivity index (χ2v) is 3.94. The summed E-state index contributed by atoms with van der Waals surface area (Å²) in [5.41, 5.74) is 6.18. The molecule has 1 aliphatic rings. The molecule has 1 fully saturated rings. The number of halogens is 1. The van der Waals surface area contributed by atoms with Crippen molar-refractivity contribution in [2.45, 2.75) is 12.6 Å². The van der Waals surface area contributed by atoms with Crippen molar-refractivity contribution in [3.05, 3.63) is 29.6 Å². The Morgan fingerprint density at radius 2 is 2.33 bits per heavy atom. The van der Waals surface area contributed by atoms with E-state index >= 15 is 0 Å². The molecule has 1 heterocycles. The maximum atomic E-state index is 13.6. The van der Waals surface area contributed by atoms with Crippen LogP contribution in [0.15, 0.2) is 18.2 Å². The van der Waals surface area contributed by atoms with E-state index in [0.717, 1.165) is 0 Å². The largest absolute Gasteiger partial charge is 0.376 e. The van der Waals surface area contributed by atoms with Gasteiger partial charge >= 0.3 is 0 Å². The maximum absolute atomic E-state index is 13.6. The second-order valence-electron chi connectivity index (χ2n) is 3.94. The minimum Gasteiger partial charge on any atom is -0.376 e. The first-order valence-corrected chi connectivity index (χ1v) is 5.69. The van der Waals surface area contributed by atoms with Crippen LogP contribution in [0.5, 0.6) is 0 Å². The Kier molecular flexibility index (Phi) is 4.24. The molecule has 0 spiro atoms. The third kappa shape index (κ3) is 3.04. The van der Waals surface area contributed by atoms with E-state index in [1.807, 2.05) is 0 Å². The Hall–Kier alpha value is -1.50. The molecule has 18 heavy (non-hydrogen) atoms. The summed E-state index contributed by atoms with van der Waals surface area (Å²) in [6.07, 6.45) is -0.688. The van der Waals surface area contributed by atoms with Gasteiger partial charge in [0.15, 0.2) is 6.10 Å². The van der Waals surface area contributed by atoms with Crippen LogP contribution >= 0.6 is 0 Å². The zero-order valence-corrected chi connectivity index (χ0v) is 9.82. The van der Waals surface area contributed by atoms with Crippen LogP contribution in [-0.4, -0.2) is 31.8 Å². The number of nitrogens with two attached hydrogens (primary N) is 1. The molecule has 1 aromatic rings. The van der Waals surface area contributed by atoms with Gasteiger partial charge in [0.1, 0.15) is 5.82 Å². The van der Waals surface area contributed by atoms with Gasteiger partial charge in [0, 0.05) is 6.54 Å². The average Bonchev–Trinajstić information content (AvgIpc) is 2.42. The molecule has 3 N–H and O–H groups in total. The fraction of sp³-hybridized carbons (Fsp3) is 0.417. The van der Waals surface area contributed by atoms with Crippen molar-refractivity contribution >= 4 is 11.6 Å². The Morgan fingerprint density at radius 1 is 1.50 bits per heavy atom. The number of rotatable bonds is 3. The molecule has 1 unspecified atom stereocenters. The van der Waals surface area contributed by atoms with Crippen LogP contribution in [0, 0.1) is 5.82 Å². The lowest BCUT2D eigenvalue weighted by atomic mass is 10.2. The lowest BCUT2D eigenvalue weighted by Crippen LogP contribution is -2.39.